The van der Waals surface area contributed by atoms with Crippen molar-refractivity contribution in [2.24, 2.45) is 17.8 Å². The van der Waals surface area contributed by atoms with Gasteiger partial charge in [0.1, 0.15) is 0 Å². The SMILES string of the molecule is CC=CC1CCC(CCC2CCC(OCCCC)CC2)CC1. The van der Waals surface area contributed by atoms with Gasteiger partial charge >= 0.3 is 0 Å². The average Bonchev–Trinajstić information content (AvgIpc) is 2.56. The fraction of sp³-hybridized carbons (Fsp3) is 0.905. The van der Waals surface area contributed by atoms with Crippen molar-refractivity contribution < 1.29 is 4.74 Å². The predicted molar refractivity (Wildman–Crippen MR) is 96.1 cm³/mol. The molecule has 0 aliphatic heterocycles. The van der Waals surface area contributed by atoms with Crippen LogP contribution in [0.15, 0.2) is 12.2 Å². The average molecular weight is 307 g/mol. The highest BCUT2D eigenvalue weighted by Gasteiger charge is 2.24. The first kappa shape index (κ1) is 18.0. The second-order valence-electron chi connectivity index (χ2n) is 7.75. The first-order valence-corrected chi connectivity index (χ1v) is 10.1. The third-order valence-corrected chi connectivity index (χ3v) is 5.98. The largest absolute Gasteiger partial charge is 0.378 e. The molecule has 2 fully saturated rings. The molecule has 2 aliphatic rings. The molecule has 0 aromatic rings. The molecule has 22 heavy (non-hydrogen) atoms. The first-order valence-electron chi connectivity index (χ1n) is 10.1. The Bertz CT molecular complexity index is 293. The summed E-state index contributed by atoms with van der Waals surface area (Å²) >= 11 is 0. The molecule has 128 valence electrons. The van der Waals surface area contributed by atoms with Crippen LogP contribution in [0, 0.1) is 17.8 Å². The Morgan fingerprint density at radius 1 is 0.864 bits per heavy atom. The Kier molecular flexibility index (Phi) is 8.59. The van der Waals surface area contributed by atoms with E-state index in [4.69, 9.17) is 4.74 Å². The zero-order valence-electron chi connectivity index (χ0n) is 15.1. The monoisotopic (exact) mass is 306 g/mol. The van der Waals surface area contributed by atoms with Crippen molar-refractivity contribution >= 4 is 0 Å². The normalized spacial score (nSPS) is 33.4. The lowest BCUT2D eigenvalue weighted by Crippen LogP contribution is -2.23. The van der Waals surface area contributed by atoms with Crippen molar-refractivity contribution in [1.29, 1.82) is 0 Å². The molecular formula is C21H38O. The van der Waals surface area contributed by atoms with Gasteiger partial charge in [0, 0.05) is 6.61 Å². The van der Waals surface area contributed by atoms with Gasteiger partial charge < -0.3 is 4.74 Å². The van der Waals surface area contributed by atoms with Crippen molar-refractivity contribution in [1.82, 2.24) is 0 Å². The molecule has 1 nitrogen and oxygen atoms in total. The molecule has 0 spiro atoms. The highest BCUT2D eigenvalue weighted by molar-refractivity contribution is 4.89. The summed E-state index contributed by atoms with van der Waals surface area (Å²) in [5, 5.41) is 0. The van der Waals surface area contributed by atoms with Crippen LogP contribution in [0.25, 0.3) is 0 Å². The summed E-state index contributed by atoms with van der Waals surface area (Å²) in [7, 11) is 0. The van der Waals surface area contributed by atoms with Crippen molar-refractivity contribution in [2.45, 2.75) is 97.0 Å². The van der Waals surface area contributed by atoms with Crippen LogP contribution >= 0.6 is 0 Å². The van der Waals surface area contributed by atoms with Gasteiger partial charge in [0.2, 0.25) is 0 Å². The molecule has 0 unspecified atom stereocenters. The van der Waals surface area contributed by atoms with E-state index < -0.39 is 0 Å². The Hall–Kier alpha value is -0.300. The van der Waals surface area contributed by atoms with Crippen LogP contribution in [0.4, 0.5) is 0 Å². The summed E-state index contributed by atoms with van der Waals surface area (Å²) in [5.41, 5.74) is 0. The molecule has 0 atom stereocenters. The van der Waals surface area contributed by atoms with Crippen LogP contribution in [0.1, 0.15) is 90.9 Å². The van der Waals surface area contributed by atoms with Gasteiger partial charge in [-0.2, -0.15) is 0 Å². The Morgan fingerprint density at radius 3 is 2.00 bits per heavy atom. The fourth-order valence-corrected chi connectivity index (χ4v) is 4.39. The van der Waals surface area contributed by atoms with Crippen molar-refractivity contribution in [3.05, 3.63) is 12.2 Å². The highest BCUT2D eigenvalue weighted by atomic mass is 16.5. The van der Waals surface area contributed by atoms with Gasteiger partial charge in [0.15, 0.2) is 0 Å². The zero-order valence-corrected chi connectivity index (χ0v) is 15.1. The van der Waals surface area contributed by atoms with Crippen LogP contribution in [-0.2, 0) is 4.74 Å². The van der Waals surface area contributed by atoms with Gasteiger partial charge in [-0.15, -0.1) is 0 Å². The number of hydrogen-bond acceptors (Lipinski definition) is 1. The predicted octanol–water partition coefficient (Wildman–Crippen LogP) is 6.52. The van der Waals surface area contributed by atoms with E-state index in [1.165, 1.54) is 77.0 Å². The van der Waals surface area contributed by atoms with E-state index in [-0.39, 0.29) is 0 Å². The molecule has 1 heteroatoms. The van der Waals surface area contributed by atoms with Gasteiger partial charge in [0.25, 0.3) is 0 Å². The zero-order chi connectivity index (χ0) is 15.6. The number of rotatable bonds is 8. The fourth-order valence-electron chi connectivity index (χ4n) is 4.39. The van der Waals surface area contributed by atoms with Crippen LogP contribution in [0.3, 0.4) is 0 Å². The molecule has 0 heterocycles. The molecule has 0 aromatic carbocycles. The molecule has 0 amide bonds. The van der Waals surface area contributed by atoms with Gasteiger partial charge in [0.05, 0.1) is 6.10 Å². The van der Waals surface area contributed by atoms with E-state index in [1.54, 1.807) is 0 Å². The van der Waals surface area contributed by atoms with Gasteiger partial charge in [-0.1, -0.05) is 38.3 Å². The number of allylic oxidation sites excluding steroid dienone is 2. The van der Waals surface area contributed by atoms with Crippen LogP contribution in [-0.4, -0.2) is 12.7 Å². The number of ether oxygens (including phenoxy) is 1. The first-order chi connectivity index (χ1) is 10.8. The minimum absolute atomic E-state index is 0.582. The van der Waals surface area contributed by atoms with E-state index in [2.05, 4.69) is 26.0 Å². The summed E-state index contributed by atoms with van der Waals surface area (Å²) in [5.74, 6) is 2.91. The maximum absolute atomic E-state index is 5.99. The minimum atomic E-state index is 0.582. The standard InChI is InChI=1S/C21H38O/c1-3-5-17-22-21-15-13-20(14-16-21)12-11-19-9-7-18(6-4-2)8-10-19/h4,6,18-21H,3,5,7-17H2,1-2H3. The molecule has 2 rings (SSSR count). The number of hydrogen-bond donors (Lipinski definition) is 0. The second kappa shape index (κ2) is 10.5. The van der Waals surface area contributed by atoms with Crippen molar-refractivity contribution in [3.63, 3.8) is 0 Å². The molecule has 0 bridgehead atoms. The summed E-state index contributed by atoms with van der Waals surface area (Å²) < 4.78 is 5.99. The maximum atomic E-state index is 5.99. The third-order valence-electron chi connectivity index (χ3n) is 5.98. The molecular weight excluding hydrogens is 268 g/mol. The van der Waals surface area contributed by atoms with E-state index in [1.807, 2.05) is 0 Å². The van der Waals surface area contributed by atoms with Crippen LogP contribution in [0.2, 0.25) is 0 Å². The lowest BCUT2D eigenvalue weighted by molar-refractivity contribution is 0.0151. The summed E-state index contributed by atoms with van der Waals surface area (Å²) in [4.78, 5) is 0. The minimum Gasteiger partial charge on any atom is -0.378 e. The molecule has 2 aliphatic carbocycles. The summed E-state index contributed by atoms with van der Waals surface area (Å²) in [6, 6.07) is 0. The molecule has 0 aromatic heterocycles. The number of unbranched alkanes of at least 4 members (excludes halogenated alkanes) is 1. The van der Waals surface area contributed by atoms with Crippen LogP contribution in [0.5, 0.6) is 0 Å². The second-order valence-corrected chi connectivity index (χ2v) is 7.75. The Morgan fingerprint density at radius 2 is 1.45 bits per heavy atom. The van der Waals surface area contributed by atoms with E-state index >= 15 is 0 Å². The van der Waals surface area contributed by atoms with Crippen LogP contribution < -0.4 is 0 Å². The summed E-state index contributed by atoms with van der Waals surface area (Å²) in [6.45, 7) is 5.39. The van der Waals surface area contributed by atoms with Crippen molar-refractivity contribution in [3.8, 4) is 0 Å². The molecule has 2 saturated carbocycles. The van der Waals surface area contributed by atoms with Crippen molar-refractivity contribution in [2.75, 3.05) is 6.61 Å². The summed E-state index contributed by atoms with van der Waals surface area (Å²) in [6.07, 6.45) is 22.0. The van der Waals surface area contributed by atoms with E-state index in [0.29, 0.717) is 6.10 Å². The molecule has 0 N–H and O–H groups in total. The van der Waals surface area contributed by atoms with Gasteiger partial charge in [-0.25, -0.2) is 0 Å². The Labute approximate surface area is 138 Å². The molecule has 0 saturated heterocycles. The third kappa shape index (κ3) is 6.44. The van der Waals surface area contributed by atoms with Gasteiger partial charge in [-0.3, -0.25) is 0 Å². The lowest BCUT2D eigenvalue weighted by Gasteiger charge is -2.31. The quantitative estimate of drug-likeness (QED) is 0.366. The topological polar surface area (TPSA) is 9.23 Å². The lowest BCUT2D eigenvalue weighted by atomic mass is 9.77. The smallest absolute Gasteiger partial charge is 0.0575 e. The molecule has 0 radical (unpaired) electrons. The Balaban J connectivity index is 1.54. The van der Waals surface area contributed by atoms with E-state index in [0.717, 1.165) is 24.4 Å². The maximum Gasteiger partial charge on any atom is 0.0575 e. The van der Waals surface area contributed by atoms with Gasteiger partial charge in [-0.05, 0) is 82.5 Å². The highest BCUT2D eigenvalue weighted by Crippen LogP contribution is 2.36. The van der Waals surface area contributed by atoms with E-state index in [9.17, 15) is 0 Å².